The molecule has 3 heterocycles. The quantitative estimate of drug-likeness (QED) is 0.788. The highest BCUT2D eigenvalue weighted by molar-refractivity contribution is 6.05. The van der Waals surface area contributed by atoms with E-state index in [4.69, 9.17) is 0 Å². The highest BCUT2D eigenvalue weighted by Crippen LogP contribution is 2.38. The molecule has 1 N–H and O–H groups in total. The number of aryl methyl sites for hydroxylation is 1. The molecule has 1 aromatic heterocycles. The van der Waals surface area contributed by atoms with Crippen LogP contribution in [0.4, 0.5) is 0 Å². The van der Waals surface area contributed by atoms with Crippen molar-refractivity contribution in [3.8, 4) is 11.3 Å². The molecule has 1 atom stereocenters. The monoisotopic (exact) mass is 407 g/mol. The summed E-state index contributed by atoms with van der Waals surface area (Å²) in [6, 6.07) is 5.18. The lowest BCUT2D eigenvalue weighted by atomic mass is 9.85. The van der Waals surface area contributed by atoms with Gasteiger partial charge in [0.1, 0.15) is 11.7 Å². The molecule has 2 fully saturated rings. The fourth-order valence-electron chi connectivity index (χ4n) is 5.13. The Bertz CT molecular complexity index is 1040. The van der Waals surface area contributed by atoms with Crippen LogP contribution in [0.3, 0.4) is 0 Å². The molecule has 1 aromatic carbocycles. The van der Waals surface area contributed by atoms with Gasteiger partial charge in [-0.3, -0.25) is 24.4 Å². The number of hydrogen-bond donors (Lipinski definition) is 1. The molecule has 8 heteroatoms. The van der Waals surface area contributed by atoms with Crippen molar-refractivity contribution in [1.82, 2.24) is 25.2 Å². The van der Waals surface area contributed by atoms with Gasteiger partial charge < -0.3 is 4.90 Å². The molecule has 0 bridgehead atoms. The number of piperidine rings is 1. The second kappa shape index (κ2) is 7.34. The Morgan fingerprint density at radius 3 is 2.63 bits per heavy atom. The Labute approximate surface area is 174 Å². The van der Waals surface area contributed by atoms with Crippen LogP contribution in [-0.4, -0.2) is 43.7 Å². The molecular formula is C22H25N5O3. The zero-order valence-corrected chi connectivity index (χ0v) is 17.1. The molecule has 3 amide bonds. The van der Waals surface area contributed by atoms with Crippen LogP contribution in [0.2, 0.25) is 0 Å². The van der Waals surface area contributed by atoms with Crippen LogP contribution in [0.5, 0.6) is 0 Å². The average molecular weight is 407 g/mol. The van der Waals surface area contributed by atoms with Gasteiger partial charge in [0.05, 0.1) is 5.69 Å². The summed E-state index contributed by atoms with van der Waals surface area (Å²) in [7, 11) is 1.95. The van der Waals surface area contributed by atoms with Gasteiger partial charge in [-0.05, 0) is 37.0 Å². The van der Waals surface area contributed by atoms with Crippen LogP contribution in [0.15, 0.2) is 18.2 Å². The Balaban J connectivity index is 1.44. The first kappa shape index (κ1) is 19.0. The first-order valence-electron chi connectivity index (χ1n) is 10.7. The van der Waals surface area contributed by atoms with Crippen molar-refractivity contribution in [3.63, 3.8) is 0 Å². The van der Waals surface area contributed by atoms with Gasteiger partial charge >= 0.3 is 0 Å². The molecule has 0 spiro atoms. The summed E-state index contributed by atoms with van der Waals surface area (Å²) >= 11 is 0. The first-order chi connectivity index (χ1) is 14.5. The van der Waals surface area contributed by atoms with Crippen molar-refractivity contribution in [2.45, 2.75) is 63.5 Å². The largest absolute Gasteiger partial charge is 0.322 e. The highest BCUT2D eigenvalue weighted by Gasteiger charge is 2.39. The number of rotatable bonds is 3. The van der Waals surface area contributed by atoms with Gasteiger partial charge in [0.15, 0.2) is 0 Å². The van der Waals surface area contributed by atoms with Gasteiger partial charge in [0, 0.05) is 37.1 Å². The number of nitrogens with one attached hydrogen (secondary N) is 1. The maximum Gasteiger partial charge on any atom is 0.255 e. The number of amides is 3. The molecule has 3 aliphatic rings. The summed E-state index contributed by atoms with van der Waals surface area (Å²) in [5.74, 6) is -0.358. The normalized spacial score (nSPS) is 22.4. The second-order valence-electron chi connectivity index (χ2n) is 8.55. The third-order valence-electron chi connectivity index (χ3n) is 6.66. The maximum absolute atomic E-state index is 12.9. The van der Waals surface area contributed by atoms with Crippen molar-refractivity contribution in [2.24, 2.45) is 7.05 Å². The fourth-order valence-corrected chi connectivity index (χ4v) is 5.13. The van der Waals surface area contributed by atoms with E-state index in [2.05, 4.69) is 15.6 Å². The molecular weight excluding hydrogens is 382 g/mol. The third-order valence-corrected chi connectivity index (χ3v) is 6.66. The zero-order valence-electron chi connectivity index (χ0n) is 17.1. The minimum absolute atomic E-state index is 0.155. The van der Waals surface area contributed by atoms with Crippen LogP contribution in [0.1, 0.15) is 72.5 Å². The Morgan fingerprint density at radius 1 is 1.07 bits per heavy atom. The van der Waals surface area contributed by atoms with Crippen molar-refractivity contribution in [2.75, 3.05) is 0 Å². The van der Waals surface area contributed by atoms with Crippen molar-refractivity contribution < 1.29 is 14.4 Å². The van der Waals surface area contributed by atoms with E-state index >= 15 is 0 Å². The molecule has 8 nitrogen and oxygen atoms in total. The van der Waals surface area contributed by atoms with Crippen LogP contribution in [0.25, 0.3) is 11.3 Å². The van der Waals surface area contributed by atoms with Gasteiger partial charge in [-0.15, -0.1) is 5.10 Å². The number of fused-ring (bicyclic) bond motifs is 1. The second-order valence-corrected chi connectivity index (χ2v) is 8.55. The first-order valence-corrected chi connectivity index (χ1v) is 10.7. The van der Waals surface area contributed by atoms with Gasteiger partial charge in [-0.1, -0.05) is 30.5 Å². The van der Waals surface area contributed by atoms with E-state index in [1.165, 1.54) is 25.0 Å². The fraction of sp³-hybridized carbons (Fsp3) is 0.500. The Kier molecular flexibility index (Phi) is 4.64. The summed E-state index contributed by atoms with van der Waals surface area (Å²) in [5.41, 5.74) is 4.52. The number of carbonyl (C=O) groups excluding carboxylic acids is 3. The predicted molar refractivity (Wildman–Crippen MR) is 108 cm³/mol. The Hall–Kier alpha value is -3.03. The van der Waals surface area contributed by atoms with E-state index in [0.29, 0.717) is 24.4 Å². The van der Waals surface area contributed by atoms with Crippen LogP contribution < -0.4 is 5.32 Å². The maximum atomic E-state index is 12.9. The number of aromatic nitrogens is 3. The average Bonchev–Trinajstić information content (AvgIpc) is 3.28. The number of benzene rings is 1. The van der Waals surface area contributed by atoms with Crippen LogP contribution in [0, 0.1) is 0 Å². The number of carbonyl (C=O) groups is 3. The summed E-state index contributed by atoms with van der Waals surface area (Å²) < 4.78 is 1.89. The lowest BCUT2D eigenvalue weighted by Crippen LogP contribution is -2.52. The molecule has 1 aliphatic carbocycles. The smallest absolute Gasteiger partial charge is 0.255 e. The molecule has 5 rings (SSSR count). The number of hydrogen-bond acceptors (Lipinski definition) is 5. The lowest BCUT2D eigenvalue weighted by molar-refractivity contribution is -0.136. The van der Waals surface area contributed by atoms with E-state index in [9.17, 15) is 14.4 Å². The predicted octanol–water partition coefficient (Wildman–Crippen LogP) is 2.29. The number of imide groups is 1. The number of nitrogens with zero attached hydrogens (tertiary/aromatic N) is 4. The van der Waals surface area contributed by atoms with E-state index in [1.54, 1.807) is 4.90 Å². The molecule has 0 radical (unpaired) electrons. The minimum atomic E-state index is -0.597. The van der Waals surface area contributed by atoms with Crippen LogP contribution in [-0.2, 0) is 23.2 Å². The van der Waals surface area contributed by atoms with E-state index in [1.807, 2.05) is 29.9 Å². The van der Waals surface area contributed by atoms with Crippen LogP contribution >= 0.6 is 0 Å². The highest BCUT2D eigenvalue weighted by atomic mass is 16.2. The minimum Gasteiger partial charge on any atom is -0.322 e. The standard InChI is InChI=1S/C22H25N5O3/c1-26-20(13-5-3-2-4-6-13)19(24-25-26)14-7-8-16-15(11-14)12-27(22(16)30)17-9-10-18(28)23-21(17)29/h7-8,11,13,17H,2-6,9-10,12H2,1H3,(H,23,28,29). The SMILES string of the molecule is Cn1nnc(-c2ccc3c(c2)CN(C2CCC(=O)NC2=O)C3=O)c1C1CCCCC1. The summed E-state index contributed by atoms with van der Waals surface area (Å²) in [6.07, 6.45) is 6.68. The van der Waals surface area contributed by atoms with Gasteiger partial charge in [-0.25, -0.2) is 0 Å². The Morgan fingerprint density at radius 2 is 1.87 bits per heavy atom. The topological polar surface area (TPSA) is 97.2 Å². The summed E-state index contributed by atoms with van der Waals surface area (Å²) in [4.78, 5) is 38.2. The molecule has 1 unspecified atom stereocenters. The molecule has 2 aromatic rings. The van der Waals surface area contributed by atoms with Gasteiger partial charge in [0.2, 0.25) is 11.8 Å². The van der Waals surface area contributed by atoms with E-state index in [-0.39, 0.29) is 24.1 Å². The molecule has 30 heavy (non-hydrogen) atoms. The lowest BCUT2D eigenvalue weighted by Gasteiger charge is -2.29. The van der Waals surface area contributed by atoms with E-state index in [0.717, 1.165) is 29.7 Å². The van der Waals surface area contributed by atoms with Gasteiger partial charge in [-0.2, -0.15) is 0 Å². The summed E-state index contributed by atoms with van der Waals surface area (Å²) in [6.45, 7) is 0.368. The molecule has 156 valence electrons. The molecule has 1 saturated carbocycles. The molecule has 1 saturated heterocycles. The van der Waals surface area contributed by atoms with E-state index < -0.39 is 6.04 Å². The molecule has 2 aliphatic heterocycles. The van der Waals surface area contributed by atoms with Gasteiger partial charge in [0.25, 0.3) is 5.91 Å². The summed E-state index contributed by atoms with van der Waals surface area (Å²) in [5, 5.41) is 11.1. The van der Waals surface area contributed by atoms with Crippen molar-refractivity contribution in [3.05, 3.63) is 35.0 Å². The third kappa shape index (κ3) is 3.11. The van der Waals surface area contributed by atoms with Crippen molar-refractivity contribution in [1.29, 1.82) is 0 Å². The van der Waals surface area contributed by atoms with Crippen molar-refractivity contribution >= 4 is 17.7 Å². The zero-order chi connectivity index (χ0) is 20.8.